The highest BCUT2D eigenvalue weighted by atomic mass is 32.2. The normalized spacial score (nSPS) is 18.9. The number of sulfonamides is 1. The van der Waals surface area contributed by atoms with Crippen molar-refractivity contribution in [2.45, 2.75) is 43.9 Å². The molecule has 1 aliphatic heterocycles. The van der Waals surface area contributed by atoms with Gasteiger partial charge in [0.25, 0.3) is 10.0 Å². The predicted octanol–water partition coefficient (Wildman–Crippen LogP) is 3.36. The van der Waals surface area contributed by atoms with Crippen LogP contribution in [0.25, 0.3) is 0 Å². The molecule has 1 unspecified atom stereocenters. The van der Waals surface area contributed by atoms with Gasteiger partial charge in [0.1, 0.15) is 5.56 Å². The summed E-state index contributed by atoms with van der Waals surface area (Å²) in [5, 5.41) is -0.0307. The molecule has 1 atom stereocenters. The Hall–Kier alpha value is -2.14. The highest BCUT2D eigenvalue weighted by Gasteiger charge is 2.36. The number of pyridine rings is 1. The van der Waals surface area contributed by atoms with Crippen molar-refractivity contribution in [1.82, 2.24) is 18.8 Å². The zero-order valence-electron chi connectivity index (χ0n) is 16.1. The molecule has 0 bridgehead atoms. The SMILES string of the molecule is CC(C)n1cnc(S(=O)(=O)N2CCCC(COc3ncccc3C(F)(F)F)C2)c1. The van der Waals surface area contributed by atoms with Gasteiger partial charge in [0, 0.05) is 37.4 Å². The summed E-state index contributed by atoms with van der Waals surface area (Å²) in [4.78, 5) is 7.69. The first-order chi connectivity index (χ1) is 13.6. The Morgan fingerprint density at radius 2 is 2.07 bits per heavy atom. The van der Waals surface area contributed by atoms with E-state index in [4.69, 9.17) is 4.74 Å². The molecule has 2 aromatic heterocycles. The number of rotatable bonds is 6. The maximum Gasteiger partial charge on any atom is 0.421 e. The molecule has 0 aromatic carbocycles. The fourth-order valence-electron chi connectivity index (χ4n) is 3.17. The predicted molar refractivity (Wildman–Crippen MR) is 98.8 cm³/mol. The number of nitrogens with zero attached hydrogens (tertiary/aromatic N) is 4. The van der Waals surface area contributed by atoms with Crippen molar-refractivity contribution in [2.24, 2.45) is 5.92 Å². The smallest absolute Gasteiger partial charge is 0.421 e. The van der Waals surface area contributed by atoms with Gasteiger partial charge in [-0.3, -0.25) is 0 Å². The summed E-state index contributed by atoms with van der Waals surface area (Å²) in [5.41, 5.74) is -0.945. The van der Waals surface area contributed by atoms with Crippen LogP contribution in [-0.2, 0) is 16.2 Å². The molecule has 1 fully saturated rings. The number of aromatic nitrogens is 3. The van der Waals surface area contributed by atoms with E-state index in [9.17, 15) is 21.6 Å². The lowest BCUT2D eigenvalue weighted by atomic mass is 10.0. The molecule has 3 heterocycles. The van der Waals surface area contributed by atoms with Gasteiger partial charge in [-0.05, 0) is 38.8 Å². The van der Waals surface area contributed by atoms with Crippen molar-refractivity contribution in [3.8, 4) is 5.88 Å². The van der Waals surface area contributed by atoms with E-state index < -0.39 is 27.6 Å². The summed E-state index contributed by atoms with van der Waals surface area (Å²) in [6.07, 6.45) is 0.868. The topological polar surface area (TPSA) is 77.3 Å². The molecule has 1 aliphatic rings. The average molecular weight is 432 g/mol. The van der Waals surface area contributed by atoms with Crippen LogP contribution in [0.2, 0.25) is 0 Å². The fraction of sp³-hybridized carbons (Fsp3) is 0.556. The third kappa shape index (κ3) is 4.89. The molecule has 160 valence electrons. The van der Waals surface area contributed by atoms with Gasteiger partial charge in [-0.1, -0.05) is 0 Å². The molecule has 0 N–H and O–H groups in total. The first kappa shape index (κ1) is 21.6. The molecule has 11 heteroatoms. The molecule has 29 heavy (non-hydrogen) atoms. The number of piperidine rings is 1. The van der Waals surface area contributed by atoms with E-state index in [1.165, 1.54) is 29.1 Å². The summed E-state index contributed by atoms with van der Waals surface area (Å²) < 4.78 is 73.3. The second-order valence-electron chi connectivity index (χ2n) is 7.29. The molecule has 2 aromatic rings. The maximum absolute atomic E-state index is 13.1. The molecule has 0 amide bonds. The minimum atomic E-state index is -4.57. The third-order valence-electron chi connectivity index (χ3n) is 4.79. The Balaban J connectivity index is 1.68. The van der Waals surface area contributed by atoms with Crippen LogP contribution >= 0.6 is 0 Å². The molecule has 0 radical (unpaired) electrons. The van der Waals surface area contributed by atoms with Crippen LogP contribution in [0, 0.1) is 5.92 Å². The second-order valence-corrected chi connectivity index (χ2v) is 9.17. The van der Waals surface area contributed by atoms with Gasteiger partial charge in [-0.15, -0.1) is 0 Å². The van der Waals surface area contributed by atoms with E-state index in [-0.39, 0.29) is 30.1 Å². The number of hydrogen-bond acceptors (Lipinski definition) is 5. The van der Waals surface area contributed by atoms with E-state index in [2.05, 4.69) is 9.97 Å². The van der Waals surface area contributed by atoms with Crippen molar-refractivity contribution in [3.63, 3.8) is 0 Å². The Morgan fingerprint density at radius 3 is 2.72 bits per heavy atom. The van der Waals surface area contributed by atoms with E-state index in [0.717, 1.165) is 6.07 Å². The molecule has 0 aliphatic carbocycles. The molecule has 3 rings (SSSR count). The van der Waals surface area contributed by atoms with Gasteiger partial charge < -0.3 is 9.30 Å². The lowest BCUT2D eigenvalue weighted by molar-refractivity contribution is -0.139. The second kappa shape index (κ2) is 8.31. The lowest BCUT2D eigenvalue weighted by Crippen LogP contribution is -2.41. The van der Waals surface area contributed by atoms with E-state index in [1.807, 2.05) is 13.8 Å². The van der Waals surface area contributed by atoms with Gasteiger partial charge >= 0.3 is 6.18 Å². The van der Waals surface area contributed by atoms with Crippen molar-refractivity contribution in [1.29, 1.82) is 0 Å². The van der Waals surface area contributed by atoms with Crippen molar-refractivity contribution >= 4 is 10.0 Å². The molecule has 7 nitrogen and oxygen atoms in total. The first-order valence-corrected chi connectivity index (χ1v) is 10.7. The van der Waals surface area contributed by atoms with E-state index in [0.29, 0.717) is 19.4 Å². The van der Waals surface area contributed by atoms with Gasteiger partial charge in [-0.2, -0.15) is 17.5 Å². The number of imidazole rings is 1. The maximum atomic E-state index is 13.1. The summed E-state index contributed by atoms with van der Waals surface area (Å²) in [6.45, 7) is 4.28. The zero-order valence-corrected chi connectivity index (χ0v) is 16.9. The number of hydrogen-bond donors (Lipinski definition) is 0. The molecule has 0 saturated carbocycles. The minimum absolute atomic E-state index is 0.0307. The molecule has 1 saturated heterocycles. The van der Waals surface area contributed by atoms with E-state index in [1.54, 1.807) is 4.57 Å². The summed E-state index contributed by atoms with van der Waals surface area (Å²) >= 11 is 0. The molecular weight excluding hydrogens is 409 g/mol. The van der Waals surface area contributed by atoms with Gasteiger partial charge in [0.05, 0.1) is 12.9 Å². The molecular formula is C18H23F3N4O3S. The summed E-state index contributed by atoms with van der Waals surface area (Å²) in [7, 11) is -3.77. The number of alkyl halides is 3. The highest BCUT2D eigenvalue weighted by molar-refractivity contribution is 7.89. The van der Waals surface area contributed by atoms with Crippen molar-refractivity contribution < 1.29 is 26.3 Å². The largest absolute Gasteiger partial charge is 0.477 e. The minimum Gasteiger partial charge on any atom is -0.477 e. The summed E-state index contributed by atoms with van der Waals surface area (Å²) in [5.74, 6) is -0.732. The standard InChI is InChI=1S/C18H23F3N4O3S/c1-13(2)24-10-16(23-12-24)29(26,27)25-8-4-5-14(9-25)11-28-17-15(18(19,20)21)6-3-7-22-17/h3,6-7,10,12-14H,4-5,8-9,11H2,1-2H3. The van der Waals surface area contributed by atoms with Crippen LogP contribution in [0.15, 0.2) is 35.9 Å². The van der Waals surface area contributed by atoms with Crippen LogP contribution in [0.1, 0.15) is 38.3 Å². The fourth-order valence-corrected chi connectivity index (χ4v) is 4.64. The Bertz CT molecular complexity index is 944. The van der Waals surface area contributed by atoms with Crippen molar-refractivity contribution in [2.75, 3.05) is 19.7 Å². The van der Waals surface area contributed by atoms with Gasteiger partial charge in [-0.25, -0.2) is 18.4 Å². The third-order valence-corrected chi connectivity index (χ3v) is 6.54. The average Bonchev–Trinajstić information content (AvgIpc) is 3.17. The number of ether oxygens (including phenoxy) is 1. The number of halogens is 3. The Morgan fingerprint density at radius 1 is 1.31 bits per heavy atom. The van der Waals surface area contributed by atoms with Gasteiger partial charge in [0.2, 0.25) is 5.88 Å². The van der Waals surface area contributed by atoms with E-state index >= 15 is 0 Å². The van der Waals surface area contributed by atoms with Crippen molar-refractivity contribution in [3.05, 3.63) is 36.4 Å². The molecule has 0 spiro atoms. The van der Waals surface area contributed by atoms with Gasteiger partial charge in [0.15, 0.2) is 5.03 Å². The quantitative estimate of drug-likeness (QED) is 0.700. The lowest BCUT2D eigenvalue weighted by Gasteiger charge is -2.31. The monoisotopic (exact) mass is 432 g/mol. The Labute approximate surface area is 167 Å². The van der Waals surface area contributed by atoms with Crippen LogP contribution in [0.4, 0.5) is 13.2 Å². The first-order valence-electron chi connectivity index (χ1n) is 9.27. The zero-order chi connectivity index (χ0) is 21.2. The van der Waals surface area contributed by atoms with Crippen LogP contribution in [0.3, 0.4) is 0 Å². The van der Waals surface area contributed by atoms with Crippen LogP contribution in [-0.4, -0.2) is 47.0 Å². The van der Waals surface area contributed by atoms with Crippen LogP contribution < -0.4 is 4.74 Å². The Kier molecular flexibility index (Phi) is 6.18. The summed E-state index contributed by atoms with van der Waals surface area (Å²) in [6, 6.07) is 2.18. The van der Waals surface area contributed by atoms with Crippen LogP contribution in [0.5, 0.6) is 5.88 Å². The highest BCUT2D eigenvalue weighted by Crippen LogP contribution is 2.35.